The number of carbonyl (C=O) groups is 12. The van der Waals surface area contributed by atoms with Crippen LogP contribution >= 0.6 is 0 Å². The number of primary amides is 1. The van der Waals surface area contributed by atoms with Crippen LogP contribution in [0, 0.1) is 5.82 Å². The Balaban J connectivity index is 1.82. The van der Waals surface area contributed by atoms with Crippen LogP contribution in [0.15, 0.2) is 66.7 Å². The van der Waals surface area contributed by atoms with Gasteiger partial charge in [0.1, 0.15) is 58.9 Å². The van der Waals surface area contributed by atoms with Crippen molar-refractivity contribution in [3.05, 3.63) is 89.2 Å². The number of carbonyl (C=O) groups excluding carboxylic acids is 11. The van der Waals surface area contributed by atoms with E-state index in [0.29, 0.717) is 24.2 Å². The molecule has 0 spiro atoms. The van der Waals surface area contributed by atoms with Gasteiger partial charge in [-0.2, -0.15) is 0 Å². The fraction of sp³-hybridized carbons (Fsp3) is 0.516. The smallest absolute Gasteiger partial charge is 0.303 e. The number of benzene rings is 3. The number of ether oxygens (including phenoxy) is 1. The predicted octanol–water partition coefficient (Wildman–Crippen LogP) is -2.21. The topological polar surface area (TPSA) is 467 Å². The highest BCUT2D eigenvalue weighted by atomic mass is 19.1. The number of aliphatic carboxylic acids is 1. The minimum absolute atomic E-state index is 0.0915. The summed E-state index contributed by atoms with van der Waals surface area (Å²) in [6, 6.07) is 8.14. The molecule has 29 nitrogen and oxygen atoms in total. The van der Waals surface area contributed by atoms with Gasteiger partial charge in [-0.05, 0) is 99.9 Å². The van der Waals surface area contributed by atoms with Crippen LogP contribution in [0.1, 0.15) is 110 Å². The second-order valence-electron chi connectivity index (χ2n) is 22.8. The van der Waals surface area contributed by atoms with Crippen molar-refractivity contribution in [1.29, 1.82) is 0 Å². The maximum absolute atomic E-state index is 15.3. The van der Waals surface area contributed by atoms with Crippen molar-refractivity contribution in [1.82, 2.24) is 53.2 Å². The Morgan fingerprint density at radius 3 is 1.77 bits per heavy atom. The van der Waals surface area contributed by atoms with Crippen molar-refractivity contribution in [2.24, 2.45) is 11.5 Å². The lowest BCUT2D eigenvalue weighted by molar-refractivity contribution is -0.140. The number of hydrogen-bond donors (Lipinski definition) is 16. The van der Waals surface area contributed by atoms with Gasteiger partial charge >= 0.3 is 5.97 Å². The number of carboxylic acid groups (broad SMARTS) is 1. The summed E-state index contributed by atoms with van der Waals surface area (Å²) >= 11 is 0. The molecule has 0 saturated heterocycles. The van der Waals surface area contributed by atoms with E-state index in [2.05, 4.69) is 53.2 Å². The maximum atomic E-state index is 15.3. The predicted molar refractivity (Wildman–Crippen MR) is 332 cm³/mol. The average molecular weight is 1290 g/mol. The molecule has 0 radical (unpaired) electrons. The van der Waals surface area contributed by atoms with Crippen LogP contribution in [0.5, 0.6) is 5.75 Å². The first-order chi connectivity index (χ1) is 43.3. The van der Waals surface area contributed by atoms with Crippen LogP contribution in [0.2, 0.25) is 0 Å². The monoisotopic (exact) mass is 1290 g/mol. The van der Waals surface area contributed by atoms with Gasteiger partial charge in [0.25, 0.3) is 0 Å². The molecule has 0 unspecified atom stereocenters. The summed E-state index contributed by atoms with van der Waals surface area (Å²) in [5.74, 6) is -12.9. The number of halogens is 1. The summed E-state index contributed by atoms with van der Waals surface area (Å²) in [5.41, 5.74) is 10.3. The normalized spacial score (nSPS) is 14.4. The molecular weight excluding hydrogens is 1200 g/mol. The van der Waals surface area contributed by atoms with Gasteiger partial charge in [-0.25, -0.2) is 4.39 Å². The van der Waals surface area contributed by atoms with Gasteiger partial charge in [0.05, 0.1) is 45.6 Å². The lowest BCUT2D eigenvalue weighted by Gasteiger charge is -2.34. The SMILES string of the molecule is CCCCCC[C@H](NC(=O)[C@H](Cc1ccc(-c2ccc(OC)cc2CC)cc1)NC(=O)CNC(=O)[C@H](CO)NC(=O)[C@@H](NC(=O)[C@](C)(Cc1ccccc1F)NC(=O)[C@@H](NC(=O)CNC(=O)[C@H](CCC(=O)O)NC(=O)C(C)(C)NC(=O)CN)[C@@H](C)O)[C@@H](C)O)C(N)=O. The fourth-order valence-corrected chi connectivity index (χ4v) is 9.37. The van der Waals surface area contributed by atoms with Crippen LogP contribution in [0.3, 0.4) is 0 Å². The molecule has 92 heavy (non-hydrogen) atoms. The zero-order valence-corrected chi connectivity index (χ0v) is 53.0. The lowest BCUT2D eigenvalue weighted by atomic mass is 9.90. The number of unbranched alkanes of at least 4 members (excludes halogenated alkanes) is 3. The van der Waals surface area contributed by atoms with E-state index >= 15 is 4.39 Å². The quantitative estimate of drug-likeness (QED) is 0.0269. The number of nitrogens with two attached hydrogens (primary N) is 2. The first-order valence-corrected chi connectivity index (χ1v) is 30.0. The average Bonchev–Trinajstić information content (AvgIpc) is 0.841. The molecular formula is C62H89FN12O17. The molecule has 3 rings (SSSR count). The molecule has 0 heterocycles. The number of aliphatic hydroxyl groups is 3. The van der Waals surface area contributed by atoms with Gasteiger partial charge in [0.2, 0.25) is 65.0 Å². The molecule has 9 atom stereocenters. The molecule has 0 saturated carbocycles. The Morgan fingerprint density at radius 1 is 0.620 bits per heavy atom. The fourth-order valence-electron chi connectivity index (χ4n) is 9.37. The largest absolute Gasteiger partial charge is 0.497 e. The van der Waals surface area contributed by atoms with Crippen LogP contribution in [-0.4, -0.2) is 184 Å². The van der Waals surface area contributed by atoms with E-state index < -0.39 is 182 Å². The lowest BCUT2D eigenvalue weighted by Crippen LogP contribution is -2.67. The van der Waals surface area contributed by atoms with Gasteiger partial charge in [-0.15, -0.1) is 0 Å². The Labute approximate surface area is 532 Å². The third-order valence-electron chi connectivity index (χ3n) is 14.7. The van der Waals surface area contributed by atoms with E-state index in [0.717, 1.165) is 62.8 Å². The molecule has 0 aromatic heterocycles. The van der Waals surface area contributed by atoms with Crippen LogP contribution < -0.4 is 69.4 Å². The summed E-state index contributed by atoms with van der Waals surface area (Å²) in [7, 11) is 1.57. The first-order valence-electron chi connectivity index (χ1n) is 30.0. The summed E-state index contributed by atoms with van der Waals surface area (Å²) in [6.07, 6.45) is -1.35. The number of aliphatic hydroxyl groups excluding tert-OH is 3. The van der Waals surface area contributed by atoms with Crippen molar-refractivity contribution < 1.29 is 87.1 Å². The molecule has 0 aliphatic carbocycles. The van der Waals surface area contributed by atoms with Crippen molar-refractivity contribution in [2.75, 3.05) is 33.4 Å². The third-order valence-corrected chi connectivity index (χ3v) is 14.7. The Kier molecular flexibility index (Phi) is 31.2. The number of methoxy groups -OCH3 is 1. The van der Waals surface area contributed by atoms with E-state index in [1.807, 2.05) is 44.2 Å². The second kappa shape index (κ2) is 37.3. The van der Waals surface area contributed by atoms with E-state index in [4.69, 9.17) is 16.2 Å². The summed E-state index contributed by atoms with van der Waals surface area (Å²) in [4.78, 5) is 159. The van der Waals surface area contributed by atoms with Gasteiger partial charge < -0.3 is 89.8 Å². The van der Waals surface area contributed by atoms with Gasteiger partial charge in [0.15, 0.2) is 0 Å². The summed E-state index contributed by atoms with van der Waals surface area (Å²) in [5, 5.41) is 64.5. The second-order valence-corrected chi connectivity index (χ2v) is 22.8. The Bertz CT molecular complexity index is 3080. The molecule has 18 N–H and O–H groups in total. The van der Waals surface area contributed by atoms with Gasteiger partial charge in [0, 0.05) is 19.3 Å². The Morgan fingerprint density at radius 2 is 1.22 bits per heavy atom. The molecule has 506 valence electrons. The van der Waals surface area contributed by atoms with Crippen LogP contribution in [-0.2, 0) is 76.8 Å². The van der Waals surface area contributed by atoms with Gasteiger partial charge in [-0.3, -0.25) is 57.5 Å². The maximum Gasteiger partial charge on any atom is 0.303 e. The molecule has 0 fully saturated rings. The van der Waals surface area contributed by atoms with E-state index in [1.165, 1.54) is 32.0 Å². The number of hydrogen-bond acceptors (Lipinski definition) is 17. The summed E-state index contributed by atoms with van der Waals surface area (Å²) in [6.45, 7) is 6.41. The molecule has 3 aromatic rings. The molecule has 3 aromatic carbocycles. The molecule has 30 heteroatoms. The minimum Gasteiger partial charge on any atom is -0.497 e. The highest BCUT2D eigenvalue weighted by Crippen LogP contribution is 2.29. The molecule has 0 bridgehead atoms. The first kappa shape index (κ1) is 77.1. The van der Waals surface area contributed by atoms with Gasteiger partial charge in [-0.1, -0.05) is 88.1 Å². The minimum atomic E-state index is -2.34. The highest BCUT2D eigenvalue weighted by Gasteiger charge is 2.42. The van der Waals surface area contributed by atoms with Crippen molar-refractivity contribution >= 4 is 70.9 Å². The summed E-state index contributed by atoms with van der Waals surface area (Å²) < 4.78 is 20.7. The Hall–Kier alpha value is -9.13. The molecule has 0 aliphatic heterocycles. The van der Waals surface area contributed by atoms with Crippen molar-refractivity contribution in [2.45, 2.75) is 172 Å². The number of rotatable bonds is 39. The molecule has 11 amide bonds. The zero-order valence-electron chi connectivity index (χ0n) is 53.0. The van der Waals surface area contributed by atoms with E-state index in [9.17, 15) is 78.0 Å². The van der Waals surface area contributed by atoms with Crippen molar-refractivity contribution in [3.63, 3.8) is 0 Å². The zero-order chi connectivity index (χ0) is 69.0. The number of amides is 11. The standard InChI is InChI=1S/C62H89FN12O17/c1-9-11-12-13-18-43(53(65)84)69-56(87)45(27-36-19-21-38(22-20-36)41-24-23-40(92-8)28-37(41)10-2)68-48(80)31-67-55(86)46(33-76)70-57(88)51(34(3)77)73-60(91)62(7,29-39-16-14-15-17-42(39)63)75-58(89)52(35(4)78)72-49(81)32-66-54(85)44(25-26-50(82)83)71-59(90)61(5,6)74-47(79)30-64/h14-17,19-24,28,34-35,43-46,51-52,76-78H,9-13,18,25-27,29-33,64H2,1-8H3,(H2,65,84)(H,66,85)(H,67,86)(H,68,80)(H,69,87)(H,70,88)(H,71,90)(H,72,81)(H,73,91)(H,74,79)(H,75,89)(H,82,83)/t34-,35-,43+,44+,45+,46+,51+,52+,62+/m1/s1. The number of carboxylic acids is 1. The van der Waals surface area contributed by atoms with E-state index in [-0.39, 0.29) is 18.4 Å². The highest BCUT2D eigenvalue weighted by molar-refractivity contribution is 6.00. The number of aryl methyl sites for hydroxylation is 1. The third kappa shape index (κ3) is 24.6. The van der Waals surface area contributed by atoms with Crippen LogP contribution in [0.25, 0.3) is 11.1 Å². The molecule has 0 aliphatic rings. The van der Waals surface area contributed by atoms with Crippen LogP contribution in [0.4, 0.5) is 4.39 Å². The van der Waals surface area contributed by atoms with E-state index in [1.54, 1.807) is 19.2 Å². The van der Waals surface area contributed by atoms with Crippen molar-refractivity contribution in [3.8, 4) is 16.9 Å². The number of nitrogens with one attached hydrogen (secondary N) is 10.